The van der Waals surface area contributed by atoms with Crippen molar-refractivity contribution in [2.24, 2.45) is 0 Å². The Labute approximate surface area is 118 Å². The minimum Gasteiger partial charge on any atom is -0.288 e. The van der Waals surface area contributed by atoms with Crippen LogP contribution in [0.5, 0.6) is 0 Å². The smallest absolute Gasteiger partial charge is 0.239 e. The Morgan fingerprint density at radius 3 is 2.32 bits per heavy atom. The van der Waals surface area contributed by atoms with Gasteiger partial charge in [0, 0.05) is 22.6 Å². The molecule has 1 aromatic rings. The molecule has 1 aliphatic heterocycles. The SMILES string of the molecule is Cc1cccc2c1C(=O)C(=C1SCCS1)C(=O)C2=O. The Bertz CT molecular complexity index is 651. The van der Waals surface area contributed by atoms with E-state index in [2.05, 4.69) is 0 Å². The molecule has 0 atom stereocenters. The molecule has 1 aliphatic carbocycles. The van der Waals surface area contributed by atoms with Gasteiger partial charge in [-0.25, -0.2) is 0 Å². The predicted molar refractivity (Wildman–Crippen MR) is 76.8 cm³/mol. The third-order valence-electron chi connectivity index (χ3n) is 3.16. The number of rotatable bonds is 0. The van der Waals surface area contributed by atoms with Gasteiger partial charge in [-0.05, 0) is 12.5 Å². The third-order valence-corrected chi connectivity index (χ3v) is 5.87. The molecular weight excluding hydrogens is 280 g/mol. The van der Waals surface area contributed by atoms with Crippen LogP contribution in [0.4, 0.5) is 0 Å². The van der Waals surface area contributed by atoms with Gasteiger partial charge in [-0.3, -0.25) is 14.4 Å². The van der Waals surface area contributed by atoms with E-state index in [1.165, 1.54) is 23.5 Å². The maximum atomic E-state index is 12.5. The van der Waals surface area contributed by atoms with Crippen molar-refractivity contribution in [3.05, 3.63) is 44.7 Å². The van der Waals surface area contributed by atoms with Gasteiger partial charge in [0.2, 0.25) is 11.6 Å². The fourth-order valence-electron chi connectivity index (χ4n) is 2.26. The Balaban J connectivity index is 2.26. The van der Waals surface area contributed by atoms with Crippen molar-refractivity contribution in [2.45, 2.75) is 6.92 Å². The number of thioether (sulfide) groups is 2. The molecular formula is C14H10O3S2. The number of benzene rings is 1. The first kappa shape index (κ1) is 12.7. The van der Waals surface area contributed by atoms with Gasteiger partial charge in [-0.2, -0.15) is 0 Å². The molecule has 0 spiro atoms. The van der Waals surface area contributed by atoms with Crippen LogP contribution in [0.1, 0.15) is 26.3 Å². The second kappa shape index (κ2) is 4.65. The number of aryl methyl sites for hydroxylation is 1. The molecule has 1 aromatic carbocycles. The zero-order valence-electron chi connectivity index (χ0n) is 10.2. The topological polar surface area (TPSA) is 51.2 Å². The monoisotopic (exact) mass is 290 g/mol. The van der Waals surface area contributed by atoms with E-state index in [-0.39, 0.29) is 16.9 Å². The summed E-state index contributed by atoms with van der Waals surface area (Å²) in [5.74, 6) is 0.237. The van der Waals surface area contributed by atoms with Crippen LogP contribution in [0.15, 0.2) is 28.0 Å². The highest BCUT2D eigenvalue weighted by atomic mass is 32.2. The molecule has 0 unspecified atom stereocenters. The lowest BCUT2D eigenvalue weighted by molar-refractivity contribution is -0.111. The van der Waals surface area contributed by atoms with E-state index in [9.17, 15) is 14.4 Å². The first-order valence-corrected chi connectivity index (χ1v) is 7.81. The molecule has 1 fully saturated rings. The molecule has 0 saturated carbocycles. The lowest BCUT2D eigenvalue weighted by Crippen LogP contribution is -2.31. The van der Waals surface area contributed by atoms with Crippen molar-refractivity contribution in [2.75, 3.05) is 11.5 Å². The summed E-state index contributed by atoms with van der Waals surface area (Å²) in [6, 6.07) is 5.04. The number of carbonyl (C=O) groups is 3. The fraction of sp³-hybridized carbons (Fsp3) is 0.214. The Morgan fingerprint density at radius 2 is 1.63 bits per heavy atom. The average Bonchev–Trinajstić information content (AvgIpc) is 2.90. The van der Waals surface area contributed by atoms with Crippen molar-refractivity contribution >= 4 is 40.9 Å². The molecule has 0 radical (unpaired) electrons. The minimum absolute atomic E-state index is 0.0827. The largest absolute Gasteiger partial charge is 0.288 e. The molecule has 19 heavy (non-hydrogen) atoms. The van der Waals surface area contributed by atoms with Crippen LogP contribution in [0.25, 0.3) is 0 Å². The van der Waals surface area contributed by atoms with E-state index in [1.54, 1.807) is 25.1 Å². The van der Waals surface area contributed by atoms with E-state index in [1.807, 2.05) is 0 Å². The molecule has 96 valence electrons. The number of fused-ring (bicyclic) bond motifs is 1. The molecule has 3 nitrogen and oxygen atoms in total. The summed E-state index contributed by atoms with van der Waals surface area (Å²) < 4.78 is 0.706. The highest BCUT2D eigenvalue weighted by molar-refractivity contribution is 8.25. The van der Waals surface area contributed by atoms with E-state index < -0.39 is 11.6 Å². The highest BCUT2D eigenvalue weighted by Crippen LogP contribution is 2.41. The molecule has 1 heterocycles. The van der Waals surface area contributed by atoms with Gasteiger partial charge in [-0.1, -0.05) is 18.2 Å². The number of carbonyl (C=O) groups excluding carboxylic acids is 3. The molecule has 3 rings (SSSR count). The average molecular weight is 290 g/mol. The van der Waals surface area contributed by atoms with E-state index in [0.29, 0.717) is 9.80 Å². The van der Waals surface area contributed by atoms with Crippen molar-refractivity contribution < 1.29 is 14.4 Å². The first-order valence-electron chi connectivity index (χ1n) is 5.84. The van der Waals surface area contributed by atoms with Crippen molar-refractivity contribution in [3.8, 4) is 0 Å². The van der Waals surface area contributed by atoms with Crippen LogP contribution in [-0.4, -0.2) is 28.9 Å². The molecule has 0 N–H and O–H groups in total. The van der Waals surface area contributed by atoms with Crippen molar-refractivity contribution in [1.29, 1.82) is 0 Å². The Morgan fingerprint density at radius 1 is 0.947 bits per heavy atom. The fourth-order valence-corrected chi connectivity index (χ4v) is 4.79. The second-order valence-electron chi connectivity index (χ2n) is 4.34. The zero-order valence-corrected chi connectivity index (χ0v) is 11.8. The molecule has 5 heteroatoms. The molecule has 0 amide bonds. The first-order chi connectivity index (χ1) is 9.11. The number of hydrogen-bond donors (Lipinski definition) is 0. The second-order valence-corrected chi connectivity index (χ2v) is 6.81. The quantitative estimate of drug-likeness (QED) is 0.418. The summed E-state index contributed by atoms with van der Waals surface area (Å²) in [4.78, 5) is 36.8. The van der Waals surface area contributed by atoms with Crippen LogP contribution in [-0.2, 0) is 4.79 Å². The number of Topliss-reactive ketones (excluding diaryl/α,β-unsaturated/α-hetero) is 3. The Hall–Kier alpha value is -1.33. The van der Waals surface area contributed by atoms with Crippen LogP contribution < -0.4 is 0 Å². The lowest BCUT2D eigenvalue weighted by atomic mass is 9.83. The summed E-state index contributed by atoms with van der Waals surface area (Å²) in [7, 11) is 0. The van der Waals surface area contributed by atoms with Crippen LogP contribution in [0.3, 0.4) is 0 Å². The highest BCUT2D eigenvalue weighted by Gasteiger charge is 2.39. The van der Waals surface area contributed by atoms with Gasteiger partial charge in [-0.15, -0.1) is 23.5 Å². The van der Waals surface area contributed by atoms with Gasteiger partial charge in [0.15, 0.2) is 5.78 Å². The van der Waals surface area contributed by atoms with Gasteiger partial charge in [0.1, 0.15) is 0 Å². The van der Waals surface area contributed by atoms with E-state index in [0.717, 1.165) is 17.1 Å². The van der Waals surface area contributed by atoms with E-state index in [4.69, 9.17) is 0 Å². The van der Waals surface area contributed by atoms with Gasteiger partial charge in [0.05, 0.1) is 9.81 Å². The number of hydrogen-bond acceptors (Lipinski definition) is 5. The molecule has 1 saturated heterocycles. The number of ketones is 3. The summed E-state index contributed by atoms with van der Waals surface area (Å²) in [5, 5.41) is 0. The normalized spacial score (nSPS) is 19.1. The summed E-state index contributed by atoms with van der Waals surface area (Å²) in [5.41, 5.74) is 1.46. The molecule has 0 aromatic heterocycles. The molecule has 2 aliphatic rings. The summed E-state index contributed by atoms with van der Waals surface area (Å²) in [6.45, 7) is 1.79. The third kappa shape index (κ3) is 1.88. The van der Waals surface area contributed by atoms with Crippen LogP contribution >= 0.6 is 23.5 Å². The lowest BCUT2D eigenvalue weighted by Gasteiger charge is -2.18. The van der Waals surface area contributed by atoms with Crippen LogP contribution in [0.2, 0.25) is 0 Å². The van der Waals surface area contributed by atoms with Gasteiger partial charge < -0.3 is 0 Å². The standard InChI is InChI=1S/C14H10O3S2/c1-7-3-2-4-8-9(7)12(16)10(13(17)11(8)15)14-18-5-6-19-14/h2-4H,5-6H2,1H3. The van der Waals surface area contributed by atoms with Crippen molar-refractivity contribution in [3.63, 3.8) is 0 Å². The van der Waals surface area contributed by atoms with E-state index >= 15 is 0 Å². The summed E-state index contributed by atoms with van der Waals surface area (Å²) >= 11 is 2.98. The maximum absolute atomic E-state index is 12.5. The molecule has 0 bridgehead atoms. The predicted octanol–water partition coefficient (Wildman–Crippen LogP) is 2.63. The van der Waals surface area contributed by atoms with Gasteiger partial charge >= 0.3 is 0 Å². The Kier molecular flexibility index (Phi) is 3.11. The van der Waals surface area contributed by atoms with Gasteiger partial charge in [0.25, 0.3) is 0 Å². The summed E-state index contributed by atoms with van der Waals surface area (Å²) in [6.07, 6.45) is 0. The zero-order chi connectivity index (χ0) is 13.6. The minimum atomic E-state index is -0.653. The maximum Gasteiger partial charge on any atom is 0.239 e. The van der Waals surface area contributed by atoms with Crippen LogP contribution in [0, 0.1) is 6.92 Å². The van der Waals surface area contributed by atoms with Crippen molar-refractivity contribution in [1.82, 2.24) is 0 Å². The number of allylic oxidation sites excluding steroid dienone is 1.